The van der Waals surface area contributed by atoms with Crippen LogP contribution in [0.4, 0.5) is 4.39 Å². The molecule has 116 valence electrons. The van der Waals surface area contributed by atoms with Gasteiger partial charge < -0.3 is 9.64 Å². The van der Waals surface area contributed by atoms with Crippen molar-refractivity contribution in [3.63, 3.8) is 0 Å². The van der Waals surface area contributed by atoms with Crippen molar-refractivity contribution in [2.45, 2.75) is 20.3 Å². The molecule has 0 unspecified atom stereocenters. The number of esters is 1. The monoisotopic (exact) mass is 359 g/mol. The number of hydrogen-bond acceptors (Lipinski definition) is 3. The van der Waals surface area contributed by atoms with E-state index in [1.165, 1.54) is 25.3 Å². The van der Waals surface area contributed by atoms with E-state index in [4.69, 9.17) is 0 Å². The highest BCUT2D eigenvalue weighted by Crippen LogP contribution is 2.18. The fourth-order valence-electron chi connectivity index (χ4n) is 1.86. The molecule has 0 saturated heterocycles. The standard InChI is InChI=1S/C15H19BrFNO3/c1-10(2)9-18(7-6-14(19)21-3)15(20)11-4-5-13(17)12(16)8-11/h4-5,8,10H,6-7,9H2,1-3H3. The lowest BCUT2D eigenvalue weighted by atomic mass is 10.1. The van der Waals surface area contributed by atoms with Gasteiger partial charge in [-0.1, -0.05) is 13.8 Å². The van der Waals surface area contributed by atoms with Crippen LogP contribution in [0.1, 0.15) is 30.6 Å². The fraction of sp³-hybridized carbons (Fsp3) is 0.467. The number of hydrogen-bond donors (Lipinski definition) is 0. The van der Waals surface area contributed by atoms with E-state index in [1.54, 1.807) is 4.90 Å². The first-order valence-corrected chi connectivity index (χ1v) is 7.45. The molecule has 0 aromatic heterocycles. The number of ether oxygens (including phenoxy) is 1. The third-order valence-corrected chi connectivity index (χ3v) is 3.46. The summed E-state index contributed by atoms with van der Waals surface area (Å²) in [6.07, 6.45) is 0.136. The molecule has 1 aromatic rings. The molecule has 4 nitrogen and oxygen atoms in total. The molecular formula is C15H19BrFNO3. The SMILES string of the molecule is COC(=O)CCN(CC(C)C)C(=O)c1ccc(F)c(Br)c1. The van der Waals surface area contributed by atoms with E-state index in [2.05, 4.69) is 20.7 Å². The Morgan fingerprint density at radius 1 is 1.38 bits per heavy atom. The van der Waals surface area contributed by atoms with Gasteiger partial charge in [0.2, 0.25) is 0 Å². The summed E-state index contributed by atoms with van der Waals surface area (Å²) in [7, 11) is 1.31. The predicted octanol–water partition coefficient (Wildman–Crippen LogP) is 3.25. The fourth-order valence-corrected chi connectivity index (χ4v) is 2.24. The van der Waals surface area contributed by atoms with E-state index in [1.807, 2.05) is 13.8 Å². The highest BCUT2D eigenvalue weighted by Gasteiger charge is 2.19. The second-order valence-corrected chi connectivity index (χ2v) is 5.95. The lowest BCUT2D eigenvalue weighted by Crippen LogP contribution is -2.36. The zero-order chi connectivity index (χ0) is 16.0. The van der Waals surface area contributed by atoms with Gasteiger partial charge in [-0.2, -0.15) is 0 Å². The molecule has 0 radical (unpaired) electrons. The molecule has 6 heteroatoms. The Bertz CT molecular complexity index is 520. The van der Waals surface area contributed by atoms with Crippen molar-refractivity contribution >= 4 is 27.8 Å². The molecule has 0 aliphatic carbocycles. The first-order valence-electron chi connectivity index (χ1n) is 6.66. The third kappa shape index (κ3) is 5.46. The molecule has 0 N–H and O–H groups in total. The minimum Gasteiger partial charge on any atom is -0.469 e. The van der Waals surface area contributed by atoms with E-state index >= 15 is 0 Å². The van der Waals surface area contributed by atoms with E-state index in [-0.39, 0.29) is 35.2 Å². The second kappa shape index (κ2) is 8.12. The molecule has 1 amide bonds. The van der Waals surface area contributed by atoms with Crippen LogP contribution in [-0.2, 0) is 9.53 Å². The zero-order valence-corrected chi connectivity index (χ0v) is 13.9. The number of carbonyl (C=O) groups is 2. The Morgan fingerprint density at radius 2 is 2.05 bits per heavy atom. The van der Waals surface area contributed by atoms with E-state index in [9.17, 15) is 14.0 Å². The summed E-state index contributed by atoms with van der Waals surface area (Å²) in [4.78, 5) is 25.3. The highest BCUT2D eigenvalue weighted by atomic mass is 79.9. The maximum atomic E-state index is 13.2. The van der Waals surface area contributed by atoms with Gasteiger partial charge >= 0.3 is 5.97 Å². The second-order valence-electron chi connectivity index (χ2n) is 5.10. The number of carbonyl (C=O) groups excluding carboxylic acids is 2. The summed E-state index contributed by atoms with van der Waals surface area (Å²) >= 11 is 3.07. The van der Waals surface area contributed by atoms with Gasteiger partial charge in [-0.15, -0.1) is 0 Å². The van der Waals surface area contributed by atoms with Crippen molar-refractivity contribution in [3.8, 4) is 0 Å². The molecule has 0 heterocycles. The van der Waals surface area contributed by atoms with E-state index in [0.29, 0.717) is 12.1 Å². The molecular weight excluding hydrogens is 341 g/mol. The molecule has 0 fully saturated rings. The molecule has 1 rings (SSSR count). The summed E-state index contributed by atoms with van der Waals surface area (Å²) < 4.78 is 18.1. The summed E-state index contributed by atoms with van der Waals surface area (Å²) in [5, 5.41) is 0. The Labute approximate surface area is 132 Å². The largest absolute Gasteiger partial charge is 0.469 e. The van der Waals surface area contributed by atoms with Crippen molar-refractivity contribution in [2.75, 3.05) is 20.2 Å². The first kappa shape index (κ1) is 17.6. The van der Waals surface area contributed by atoms with Crippen LogP contribution in [0, 0.1) is 11.7 Å². The van der Waals surface area contributed by atoms with Crippen LogP contribution in [0.5, 0.6) is 0 Å². The van der Waals surface area contributed by atoms with Crippen molar-refractivity contribution in [1.82, 2.24) is 4.90 Å². The number of nitrogens with zero attached hydrogens (tertiary/aromatic N) is 1. The van der Waals surface area contributed by atoms with Crippen LogP contribution in [0.3, 0.4) is 0 Å². The maximum absolute atomic E-state index is 13.2. The Balaban J connectivity index is 2.87. The molecule has 0 saturated carbocycles. The van der Waals surface area contributed by atoms with Crippen molar-refractivity contribution in [2.24, 2.45) is 5.92 Å². The first-order chi connectivity index (χ1) is 9.85. The van der Waals surface area contributed by atoms with Gasteiger partial charge in [0.25, 0.3) is 5.91 Å². The zero-order valence-electron chi connectivity index (χ0n) is 12.4. The topological polar surface area (TPSA) is 46.6 Å². The minimum atomic E-state index is -0.420. The molecule has 0 aliphatic heterocycles. The average molecular weight is 360 g/mol. The van der Waals surface area contributed by atoms with Crippen molar-refractivity contribution in [1.29, 1.82) is 0 Å². The number of methoxy groups -OCH3 is 1. The Hall–Kier alpha value is -1.43. The third-order valence-electron chi connectivity index (χ3n) is 2.85. The van der Waals surface area contributed by atoms with Gasteiger partial charge in [-0.3, -0.25) is 9.59 Å². The van der Waals surface area contributed by atoms with E-state index < -0.39 is 5.82 Å². The number of benzene rings is 1. The quantitative estimate of drug-likeness (QED) is 0.732. The summed E-state index contributed by atoms with van der Waals surface area (Å²) in [5.41, 5.74) is 0.383. The molecule has 0 aliphatic rings. The maximum Gasteiger partial charge on any atom is 0.307 e. The minimum absolute atomic E-state index is 0.136. The van der Waals surface area contributed by atoms with Crippen LogP contribution in [0.15, 0.2) is 22.7 Å². The van der Waals surface area contributed by atoms with Crippen LogP contribution in [-0.4, -0.2) is 37.0 Å². The van der Waals surface area contributed by atoms with Gasteiger partial charge in [-0.25, -0.2) is 4.39 Å². The number of halogens is 2. The van der Waals surface area contributed by atoms with Gasteiger partial charge in [0.1, 0.15) is 5.82 Å². The number of rotatable bonds is 6. The Kier molecular flexibility index (Phi) is 6.81. The van der Waals surface area contributed by atoms with Crippen LogP contribution < -0.4 is 0 Å². The van der Waals surface area contributed by atoms with Gasteiger partial charge in [-0.05, 0) is 40.0 Å². The van der Waals surface area contributed by atoms with Crippen LogP contribution in [0.25, 0.3) is 0 Å². The van der Waals surface area contributed by atoms with Gasteiger partial charge in [0, 0.05) is 18.7 Å². The highest BCUT2D eigenvalue weighted by molar-refractivity contribution is 9.10. The smallest absolute Gasteiger partial charge is 0.307 e. The molecule has 0 atom stereocenters. The number of amides is 1. The summed E-state index contributed by atoms with van der Waals surface area (Å²) in [6, 6.07) is 4.13. The van der Waals surface area contributed by atoms with Crippen molar-refractivity contribution in [3.05, 3.63) is 34.1 Å². The predicted molar refractivity (Wildman–Crippen MR) is 81.5 cm³/mol. The van der Waals surface area contributed by atoms with Crippen LogP contribution >= 0.6 is 15.9 Å². The van der Waals surface area contributed by atoms with Crippen LogP contribution in [0.2, 0.25) is 0 Å². The van der Waals surface area contributed by atoms with Crippen molar-refractivity contribution < 1.29 is 18.7 Å². The average Bonchev–Trinajstić information content (AvgIpc) is 2.44. The molecule has 21 heavy (non-hydrogen) atoms. The lowest BCUT2D eigenvalue weighted by Gasteiger charge is -2.24. The van der Waals surface area contributed by atoms with E-state index in [0.717, 1.165) is 0 Å². The molecule has 0 spiro atoms. The van der Waals surface area contributed by atoms with Gasteiger partial charge in [0.05, 0.1) is 18.0 Å². The summed E-state index contributed by atoms with van der Waals surface area (Å²) in [5.74, 6) is -0.753. The Morgan fingerprint density at radius 3 is 2.57 bits per heavy atom. The normalized spacial score (nSPS) is 10.6. The molecule has 0 bridgehead atoms. The molecule has 1 aromatic carbocycles. The lowest BCUT2D eigenvalue weighted by molar-refractivity contribution is -0.140. The van der Waals surface area contributed by atoms with Gasteiger partial charge in [0.15, 0.2) is 0 Å². The summed E-state index contributed by atoms with van der Waals surface area (Å²) in [6.45, 7) is 4.77.